The summed E-state index contributed by atoms with van der Waals surface area (Å²) in [5, 5.41) is 11.1. The molecule has 22 heavy (non-hydrogen) atoms. The number of para-hydroxylation sites is 1. The number of rotatable bonds is 4. The van der Waals surface area contributed by atoms with Crippen molar-refractivity contribution in [2.24, 2.45) is 0 Å². The van der Waals surface area contributed by atoms with Crippen molar-refractivity contribution in [3.8, 4) is 0 Å². The molecular formula is C14H14N2O5S. The van der Waals surface area contributed by atoms with Crippen LogP contribution in [0.15, 0.2) is 52.0 Å². The van der Waals surface area contributed by atoms with E-state index in [0.717, 1.165) is 0 Å². The zero-order chi connectivity index (χ0) is 15.7. The van der Waals surface area contributed by atoms with Crippen molar-refractivity contribution in [3.05, 3.63) is 58.5 Å². The van der Waals surface area contributed by atoms with Gasteiger partial charge < -0.3 is 4.42 Å². The first-order valence-electron chi connectivity index (χ1n) is 6.80. The van der Waals surface area contributed by atoms with E-state index in [0.29, 0.717) is 25.1 Å². The Kier molecular flexibility index (Phi) is 3.71. The summed E-state index contributed by atoms with van der Waals surface area (Å²) in [7, 11) is -3.96. The van der Waals surface area contributed by atoms with Crippen molar-refractivity contribution in [1.29, 1.82) is 0 Å². The first-order chi connectivity index (χ1) is 10.5. The van der Waals surface area contributed by atoms with Crippen molar-refractivity contribution < 1.29 is 17.8 Å². The average molecular weight is 322 g/mol. The number of sulfonamides is 1. The van der Waals surface area contributed by atoms with Crippen LogP contribution in [-0.2, 0) is 10.0 Å². The molecule has 8 heteroatoms. The molecular weight excluding hydrogens is 308 g/mol. The summed E-state index contributed by atoms with van der Waals surface area (Å²) >= 11 is 0. The molecule has 1 fully saturated rings. The highest BCUT2D eigenvalue weighted by Crippen LogP contribution is 2.38. The number of benzene rings is 1. The smallest absolute Gasteiger partial charge is 0.289 e. The molecule has 2 heterocycles. The standard InChI is InChI=1S/C14H14N2O5S/c17-16(18)12-5-1-2-8-14(12)22(19,20)15-9-3-6-11(15)13-7-4-10-21-13/h1-2,4-5,7-8,10-11H,3,6,9H2/t11-/m0/s1. The lowest BCUT2D eigenvalue weighted by Gasteiger charge is -2.22. The molecule has 3 rings (SSSR count). The molecule has 0 bridgehead atoms. The molecule has 0 unspecified atom stereocenters. The third-order valence-electron chi connectivity index (χ3n) is 3.72. The first-order valence-corrected chi connectivity index (χ1v) is 8.24. The molecule has 1 aromatic carbocycles. The number of nitro groups is 1. The van der Waals surface area contributed by atoms with Crippen LogP contribution in [0, 0.1) is 10.1 Å². The Labute approximate surface area is 127 Å². The van der Waals surface area contributed by atoms with Gasteiger partial charge >= 0.3 is 0 Å². The van der Waals surface area contributed by atoms with Crippen LogP contribution in [0.25, 0.3) is 0 Å². The summed E-state index contributed by atoms with van der Waals surface area (Å²) in [5.74, 6) is 0.555. The predicted molar refractivity (Wildman–Crippen MR) is 77.7 cm³/mol. The van der Waals surface area contributed by atoms with Crippen molar-refractivity contribution in [3.63, 3.8) is 0 Å². The SMILES string of the molecule is O=[N+]([O-])c1ccccc1S(=O)(=O)N1CCC[C@H]1c1ccco1. The minimum atomic E-state index is -3.96. The van der Waals surface area contributed by atoms with Gasteiger partial charge in [0.1, 0.15) is 5.76 Å². The molecule has 2 aromatic rings. The molecule has 116 valence electrons. The molecule has 0 N–H and O–H groups in total. The fourth-order valence-electron chi connectivity index (χ4n) is 2.75. The van der Waals surface area contributed by atoms with E-state index in [1.165, 1.54) is 34.8 Å². The van der Waals surface area contributed by atoms with Crippen LogP contribution >= 0.6 is 0 Å². The monoisotopic (exact) mass is 322 g/mol. The summed E-state index contributed by atoms with van der Waals surface area (Å²) in [4.78, 5) is 10.1. The first kappa shape index (κ1) is 14.7. The molecule has 0 aliphatic carbocycles. The fraction of sp³-hybridized carbons (Fsp3) is 0.286. The zero-order valence-corrected chi connectivity index (χ0v) is 12.4. The molecule has 1 aromatic heterocycles. The third kappa shape index (κ3) is 2.40. The van der Waals surface area contributed by atoms with Crippen molar-refractivity contribution in [1.82, 2.24) is 4.31 Å². The minimum Gasteiger partial charge on any atom is -0.468 e. The lowest BCUT2D eigenvalue weighted by molar-refractivity contribution is -0.387. The fourth-order valence-corrected chi connectivity index (χ4v) is 4.57. The van der Waals surface area contributed by atoms with E-state index in [9.17, 15) is 18.5 Å². The van der Waals surface area contributed by atoms with Crippen molar-refractivity contribution in [2.45, 2.75) is 23.8 Å². The third-order valence-corrected chi connectivity index (χ3v) is 5.68. The highest BCUT2D eigenvalue weighted by molar-refractivity contribution is 7.89. The van der Waals surface area contributed by atoms with Gasteiger partial charge in [-0.05, 0) is 31.0 Å². The predicted octanol–water partition coefficient (Wildman–Crippen LogP) is 2.71. The van der Waals surface area contributed by atoms with Gasteiger partial charge in [0.15, 0.2) is 4.90 Å². The maximum absolute atomic E-state index is 12.8. The lowest BCUT2D eigenvalue weighted by Crippen LogP contribution is -2.31. The van der Waals surface area contributed by atoms with E-state index in [1.54, 1.807) is 12.1 Å². The Bertz CT molecular complexity index is 785. The van der Waals surface area contributed by atoms with Crippen LogP contribution < -0.4 is 0 Å². The molecule has 1 saturated heterocycles. The quantitative estimate of drug-likeness (QED) is 0.637. The van der Waals surface area contributed by atoms with Crippen molar-refractivity contribution >= 4 is 15.7 Å². The maximum Gasteiger partial charge on any atom is 0.289 e. The minimum absolute atomic E-state index is 0.279. The highest BCUT2D eigenvalue weighted by Gasteiger charge is 2.40. The Morgan fingerprint density at radius 2 is 2.00 bits per heavy atom. The summed E-state index contributed by atoms with van der Waals surface area (Å²) in [6, 6.07) is 8.40. The molecule has 0 radical (unpaired) electrons. The zero-order valence-electron chi connectivity index (χ0n) is 11.6. The number of nitro benzene ring substituents is 1. The molecule has 1 atom stereocenters. The van der Waals surface area contributed by atoms with Gasteiger partial charge in [0.2, 0.25) is 0 Å². The van der Waals surface area contributed by atoms with E-state index in [-0.39, 0.29) is 4.90 Å². The van der Waals surface area contributed by atoms with Gasteiger partial charge in [-0.15, -0.1) is 0 Å². The normalized spacial score (nSPS) is 19.4. The van der Waals surface area contributed by atoms with Gasteiger partial charge in [0.25, 0.3) is 15.7 Å². The second kappa shape index (κ2) is 5.54. The summed E-state index contributed by atoms with van der Waals surface area (Å²) in [5.41, 5.74) is -0.410. The van der Waals surface area contributed by atoms with Crippen LogP contribution in [0.4, 0.5) is 5.69 Å². The van der Waals surface area contributed by atoms with Crippen LogP contribution in [0.2, 0.25) is 0 Å². The number of hydrogen-bond acceptors (Lipinski definition) is 5. The Morgan fingerprint density at radius 3 is 2.68 bits per heavy atom. The molecule has 0 saturated carbocycles. The van der Waals surface area contributed by atoms with E-state index in [1.807, 2.05) is 0 Å². The summed E-state index contributed by atoms with van der Waals surface area (Å²) < 4.78 is 32.3. The second-order valence-corrected chi connectivity index (χ2v) is 6.87. The van der Waals surface area contributed by atoms with Gasteiger partial charge in [-0.2, -0.15) is 4.31 Å². The van der Waals surface area contributed by atoms with Crippen LogP contribution in [-0.4, -0.2) is 24.2 Å². The van der Waals surface area contributed by atoms with Crippen LogP contribution in [0.1, 0.15) is 24.6 Å². The highest BCUT2D eigenvalue weighted by atomic mass is 32.2. The van der Waals surface area contributed by atoms with Crippen LogP contribution in [0.5, 0.6) is 0 Å². The largest absolute Gasteiger partial charge is 0.468 e. The molecule has 7 nitrogen and oxygen atoms in total. The molecule has 0 spiro atoms. The average Bonchev–Trinajstić information content (AvgIpc) is 3.18. The maximum atomic E-state index is 12.8. The lowest BCUT2D eigenvalue weighted by atomic mass is 10.2. The van der Waals surface area contributed by atoms with E-state index < -0.39 is 26.7 Å². The number of hydrogen-bond donors (Lipinski definition) is 0. The molecule has 0 amide bonds. The summed E-state index contributed by atoms with van der Waals surface area (Å²) in [6.45, 7) is 0.319. The van der Waals surface area contributed by atoms with Gasteiger partial charge in [-0.1, -0.05) is 12.1 Å². The molecule has 1 aliphatic heterocycles. The summed E-state index contributed by atoms with van der Waals surface area (Å²) in [6.07, 6.45) is 2.81. The van der Waals surface area contributed by atoms with E-state index in [2.05, 4.69) is 0 Å². The van der Waals surface area contributed by atoms with Gasteiger partial charge in [-0.25, -0.2) is 8.42 Å². The van der Waals surface area contributed by atoms with E-state index in [4.69, 9.17) is 4.42 Å². The van der Waals surface area contributed by atoms with Gasteiger partial charge in [-0.3, -0.25) is 10.1 Å². The van der Waals surface area contributed by atoms with E-state index >= 15 is 0 Å². The topological polar surface area (TPSA) is 93.7 Å². The molecule has 1 aliphatic rings. The van der Waals surface area contributed by atoms with Crippen molar-refractivity contribution in [2.75, 3.05) is 6.54 Å². The van der Waals surface area contributed by atoms with Crippen LogP contribution in [0.3, 0.4) is 0 Å². The Morgan fingerprint density at radius 1 is 1.23 bits per heavy atom. The number of nitrogens with zero attached hydrogens (tertiary/aromatic N) is 2. The van der Waals surface area contributed by atoms with Gasteiger partial charge in [0, 0.05) is 12.6 Å². The Balaban J connectivity index is 2.05. The second-order valence-electron chi connectivity index (χ2n) is 5.01. The Hall–Kier alpha value is -2.19. The van der Waals surface area contributed by atoms with Gasteiger partial charge in [0.05, 0.1) is 17.2 Å². The number of furan rings is 1.